The zero-order chi connectivity index (χ0) is 36.7. The van der Waals surface area contributed by atoms with Crippen molar-refractivity contribution < 1.29 is 33.0 Å². The van der Waals surface area contributed by atoms with Gasteiger partial charge in [0.2, 0.25) is 23.6 Å². The fourth-order valence-electron chi connectivity index (χ4n) is 7.21. The molecule has 3 N–H and O–H groups in total. The molecule has 274 valence electrons. The van der Waals surface area contributed by atoms with Gasteiger partial charge in [0.05, 0.1) is 5.69 Å². The average molecular weight is 698 g/mol. The second kappa shape index (κ2) is 17.0. The third-order valence-corrected chi connectivity index (χ3v) is 10.2. The lowest BCUT2D eigenvalue weighted by atomic mass is 9.79. The number of nitrogens with one attached hydrogen (secondary N) is 3. The third kappa shape index (κ3) is 8.86. The molecular formula is C36H52FN7O6. The predicted molar refractivity (Wildman–Crippen MR) is 184 cm³/mol. The first-order valence-electron chi connectivity index (χ1n) is 17.9. The van der Waals surface area contributed by atoms with Crippen molar-refractivity contribution in [3.63, 3.8) is 0 Å². The molecule has 0 unspecified atom stereocenters. The smallest absolute Gasteiger partial charge is 0.276 e. The van der Waals surface area contributed by atoms with Crippen LogP contribution in [0.3, 0.4) is 0 Å². The largest absolute Gasteiger partial charge is 0.344 e. The quantitative estimate of drug-likeness (QED) is 0.297. The summed E-state index contributed by atoms with van der Waals surface area (Å²) in [6.07, 6.45) is 4.18. The van der Waals surface area contributed by atoms with E-state index in [1.807, 2.05) is 20.8 Å². The first-order valence-corrected chi connectivity index (χ1v) is 17.9. The Morgan fingerprint density at radius 3 is 2.18 bits per heavy atom. The fourth-order valence-corrected chi connectivity index (χ4v) is 7.21. The van der Waals surface area contributed by atoms with E-state index in [0.717, 1.165) is 25.7 Å². The molecule has 2 aliphatic rings. The molecule has 50 heavy (non-hydrogen) atoms. The van der Waals surface area contributed by atoms with Crippen molar-refractivity contribution >= 4 is 35.2 Å². The van der Waals surface area contributed by atoms with Gasteiger partial charge in [-0.05, 0) is 67.8 Å². The Morgan fingerprint density at radius 2 is 1.60 bits per heavy atom. The monoisotopic (exact) mass is 697 g/mol. The van der Waals surface area contributed by atoms with Crippen LogP contribution in [0.2, 0.25) is 0 Å². The van der Waals surface area contributed by atoms with Crippen LogP contribution in [-0.2, 0) is 25.6 Å². The number of halogens is 1. The maximum atomic E-state index is 15.8. The number of nitrogens with zero attached hydrogens (tertiary/aromatic N) is 4. The highest BCUT2D eigenvalue weighted by Crippen LogP contribution is 2.32. The van der Waals surface area contributed by atoms with Crippen LogP contribution in [0.5, 0.6) is 0 Å². The second-order valence-electron chi connectivity index (χ2n) is 13.9. The lowest BCUT2D eigenvalue weighted by Crippen LogP contribution is -2.62. The summed E-state index contributed by atoms with van der Waals surface area (Å²) in [7, 11) is 0. The van der Waals surface area contributed by atoms with E-state index in [1.165, 1.54) is 12.1 Å². The molecule has 1 saturated carbocycles. The average Bonchev–Trinajstić information content (AvgIpc) is 3.59. The summed E-state index contributed by atoms with van der Waals surface area (Å²) in [5, 5.41) is 15.8. The third-order valence-electron chi connectivity index (χ3n) is 10.2. The van der Waals surface area contributed by atoms with E-state index >= 15 is 4.39 Å². The van der Waals surface area contributed by atoms with E-state index in [4.69, 9.17) is 4.63 Å². The summed E-state index contributed by atoms with van der Waals surface area (Å²) >= 11 is 0. The number of rotatable bonds is 12. The number of aromatic nitrogens is 2. The highest BCUT2D eigenvalue weighted by molar-refractivity contribution is 6.01. The lowest BCUT2D eigenvalue weighted by molar-refractivity contribution is -0.147. The van der Waals surface area contributed by atoms with Crippen molar-refractivity contribution in [3.05, 3.63) is 41.0 Å². The molecule has 0 spiro atoms. The topological polar surface area (TPSA) is 167 Å². The van der Waals surface area contributed by atoms with Gasteiger partial charge in [-0.2, -0.15) is 0 Å². The molecule has 5 amide bonds. The Balaban J connectivity index is 1.53. The summed E-state index contributed by atoms with van der Waals surface area (Å²) in [4.78, 5) is 69.4. The number of carbonyl (C=O) groups is 5. The molecule has 1 aromatic heterocycles. The van der Waals surface area contributed by atoms with Gasteiger partial charge in [0.1, 0.15) is 23.6 Å². The predicted octanol–water partition coefficient (Wildman–Crippen LogP) is 4.19. The number of benzene rings is 1. The van der Waals surface area contributed by atoms with Gasteiger partial charge in [0.15, 0.2) is 5.69 Å². The van der Waals surface area contributed by atoms with Gasteiger partial charge in [-0.3, -0.25) is 24.0 Å². The molecule has 5 atom stereocenters. The van der Waals surface area contributed by atoms with Gasteiger partial charge in [0.25, 0.3) is 5.91 Å². The van der Waals surface area contributed by atoms with Gasteiger partial charge in [-0.25, -0.2) is 9.02 Å². The number of hydrogen-bond donors (Lipinski definition) is 3. The van der Waals surface area contributed by atoms with Crippen molar-refractivity contribution in [2.75, 3.05) is 18.4 Å². The highest BCUT2D eigenvalue weighted by Gasteiger charge is 2.39. The van der Waals surface area contributed by atoms with E-state index in [0.29, 0.717) is 43.1 Å². The van der Waals surface area contributed by atoms with E-state index < -0.39 is 35.6 Å². The zero-order valence-electron chi connectivity index (χ0n) is 30.3. The number of hydrogen-bond acceptors (Lipinski definition) is 8. The van der Waals surface area contributed by atoms with Gasteiger partial charge in [0, 0.05) is 43.9 Å². The normalized spacial score (nSPS) is 22.6. The van der Waals surface area contributed by atoms with Crippen LogP contribution < -0.4 is 16.0 Å². The molecule has 1 saturated heterocycles. The molecule has 2 heterocycles. The van der Waals surface area contributed by atoms with E-state index in [2.05, 4.69) is 33.2 Å². The SMILES string of the molecule is CCC(=O)N[C@@H](C(=O)N1C[C@H](C)N(C(=O)CC)[C@@H](C)C1)[C@@H](C)c1ccc(NC(=O)[C@@H](NC(=O)c2nonc2CC)C2CCC(C)CC2)c(F)c1. The molecule has 13 nitrogen and oxygen atoms in total. The molecule has 1 aromatic carbocycles. The number of anilines is 1. The van der Waals surface area contributed by atoms with Gasteiger partial charge >= 0.3 is 0 Å². The van der Waals surface area contributed by atoms with Crippen LogP contribution in [0.1, 0.15) is 115 Å². The van der Waals surface area contributed by atoms with Crippen molar-refractivity contribution in [1.29, 1.82) is 0 Å². The minimum absolute atomic E-state index is 0.0125. The number of carbonyl (C=O) groups excluding carboxylic acids is 5. The van der Waals surface area contributed by atoms with Crippen molar-refractivity contribution in [1.82, 2.24) is 30.7 Å². The standard InChI is InChI=1S/C36H52FN7O6/c1-8-27-33(42-50-41-27)35(48)40-32(24-13-11-20(4)12-14-24)34(47)38-28-16-15-25(17-26(28)37)23(7)31(39-29(45)9-2)36(49)43-18-21(5)44(22(6)19-43)30(46)10-3/h15-17,20-24,31-32H,8-14,18-19H2,1-7H3,(H,38,47)(H,39,45)(H,40,48)/t20?,21-,22-,23-,24?,31+,32-/m0/s1. The summed E-state index contributed by atoms with van der Waals surface area (Å²) in [6.45, 7) is 13.6. The van der Waals surface area contributed by atoms with E-state index in [-0.39, 0.29) is 53.5 Å². The number of amides is 5. The Morgan fingerprint density at radius 1 is 0.940 bits per heavy atom. The van der Waals surface area contributed by atoms with Crippen LogP contribution in [0, 0.1) is 17.7 Å². The summed E-state index contributed by atoms with van der Waals surface area (Å²) in [5.74, 6) is -2.76. The minimum atomic E-state index is -0.984. The summed E-state index contributed by atoms with van der Waals surface area (Å²) < 4.78 is 20.5. The van der Waals surface area contributed by atoms with Crippen LogP contribution in [-0.4, -0.2) is 86.9 Å². The van der Waals surface area contributed by atoms with Gasteiger partial charge in [-0.15, -0.1) is 0 Å². The second-order valence-corrected chi connectivity index (χ2v) is 13.9. The van der Waals surface area contributed by atoms with Crippen LogP contribution in [0.25, 0.3) is 0 Å². The Hall–Kier alpha value is -4.36. The van der Waals surface area contributed by atoms with E-state index in [1.54, 1.807) is 36.6 Å². The molecule has 2 fully saturated rings. The van der Waals surface area contributed by atoms with Gasteiger partial charge < -0.3 is 25.8 Å². The lowest BCUT2D eigenvalue weighted by Gasteiger charge is -2.45. The van der Waals surface area contributed by atoms with Crippen molar-refractivity contribution in [2.24, 2.45) is 11.8 Å². The molecule has 1 aliphatic heterocycles. The highest BCUT2D eigenvalue weighted by atomic mass is 19.1. The van der Waals surface area contributed by atoms with Crippen LogP contribution in [0.15, 0.2) is 22.8 Å². The number of aryl methyl sites for hydroxylation is 1. The minimum Gasteiger partial charge on any atom is -0.344 e. The number of piperazine rings is 1. The van der Waals surface area contributed by atoms with Crippen molar-refractivity contribution in [2.45, 2.75) is 123 Å². The summed E-state index contributed by atoms with van der Waals surface area (Å²) in [6, 6.07) is 1.96. The summed E-state index contributed by atoms with van der Waals surface area (Å²) in [5.41, 5.74) is 0.762. The molecule has 14 heteroatoms. The molecule has 0 bridgehead atoms. The first-order chi connectivity index (χ1) is 23.8. The van der Waals surface area contributed by atoms with Crippen LogP contribution in [0.4, 0.5) is 10.1 Å². The zero-order valence-corrected chi connectivity index (χ0v) is 30.3. The molecular weight excluding hydrogens is 645 g/mol. The maximum Gasteiger partial charge on any atom is 0.276 e. The molecule has 2 aromatic rings. The Kier molecular flexibility index (Phi) is 13.1. The van der Waals surface area contributed by atoms with Crippen molar-refractivity contribution in [3.8, 4) is 0 Å². The van der Waals surface area contributed by atoms with E-state index in [9.17, 15) is 24.0 Å². The molecule has 1 aliphatic carbocycles. The fraction of sp³-hybridized carbons (Fsp3) is 0.639. The Bertz CT molecular complexity index is 1530. The first kappa shape index (κ1) is 38.4. The van der Waals surface area contributed by atoms with Gasteiger partial charge in [-0.1, -0.05) is 58.7 Å². The molecule has 0 radical (unpaired) electrons. The molecule has 4 rings (SSSR count). The maximum absolute atomic E-state index is 15.8. The van der Waals surface area contributed by atoms with Crippen LogP contribution >= 0.6 is 0 Å². The Labute approximate surface area is 293 Å².